The average molecular weight is 220 g/mol. The van der Waals surface area contributed by atoms with E-state index < -0.39 is 0 Å². The fourth-order valence-electron chi connectivity index (χ4n) is 2.19. The Balaban J connectivity index is 2.40. The Labute approximate surface area is 97.2 Å². The number of nitrogens with zero attached hydrogens (tertiary/aromatic N) is 1. The van der Waals surface area contributed by atoms with Crippen molar-refractivity contribution in [3.05, 3.63) is 22.8 Å². The lowest BCUT2D eigenvalue weighted by molar-refractivity contribution is 0.122. The lowest BCUT2D eigenvalue weighted by atomic mass is 10.00. The SMILES string of the molecule is Cc1c(N)cc(N2CCOCC2)c(C)c1C. The van der Waals surface area contributed by atoms with Crippen molar-refractivity contribution in [3.8, 4) is 0 Å². The zero-order chi connectivity index (χ0) is 11.7. The molecule has 1 aromatic rings. The smallest absolute Gasteiger partial charge is 0.0642 e. The summed E-state index contributed by atoms with van der Waals surface area (Å²) in [5.41, 5.74) is 12.1. The third-order valence-corrected chi connectivity index (χ3v) is 3.59. The number of hydrogen-bond acceptors (Lipinski definition) is 3. The number of nitrogen functional groups attached to an aromatic ring is 1. The highest BCUT2D eigenvalue weighted by molar-refractivity contribution is 5.67. The minimum absolute atomic E-state index is 0.812. The summed E-state index contributed by atoms with van der Waals surface area (Å²) >= 11 is 0. The van der Waals surface area contributed by atoms with Gasteiger partial charge in [-0.25, -0.2) is 0 Å². The van der Waals surface area contributed by atoms with Crippen LogP contribution in [0.25, 0.3) is 0 Å². The summed E-state index contributed by atoms with van der Waals surface area (Å²) in [4.78, 5) is 2.36. The van der Waals surface area contributed by atoms with Crippen molar-refractivity contribution in [1.82, 2.24) is 0 Å². The maximum atomic E-state index is 6.04. The van der Waals surface area contributed by atoms with Crippen molar-refractivity contribution in [2.45, 2.75) is 20.8 Å². The number of rotatable bonds is 1. The predicted octanol–water partition coefficient (Wildman–Crippen LogP) is 2.03. The molecule has 0 saturated carbocycles. The van der Waals surface area contributed by atoms with E-state index in [0.29, 0.717) is 0 Å². The van der Waals surface area contributed by atoms with Gasteiger partial charge in [0.2, 0.25) is 0 Å². The summed E-state index contributed by atoms with van der Waals surface area (Å²) in [6.07, 6.45) is 0. The van der Waals surface area contributed by atoms with Crippen LogP contribution in [0.1, 0.15) is 16.7 Å². The molecule has 0 amide bonds. The van der Waals surface area contributed by atoms with Crippen LogP contribution >= 0.6 is 0 Å². The van der Waals surface area contributed by atoms with Crippen LogP contribution in [0.5, 0.6) is 0 Å². The van der Waals surface area contributed by atoms with Gasteiger partial charge in [-0.1, -0.05) is 0 Å². The molecule has 0 bridgehead atoms. The highest BCUT2D eigenvalue weighted by Crippen LogP contribution is 2.30. The molecule has 16 heavy (non-hydrogen) atoms. The largest absolute Gasteiger partial charge is 0.398 e. The van der Waals surface area contributed by atoms with Crippen molar-refractivity contribution in [2.75, 3.05) is 36.9 Å². The molecule has 0 aromatic heterocycles. The van der Waals surface area contributed by atoms with Crippen molar-refractivity contribution in [3.63, 3.8) is 0 Å². The van der Waals surface area contributed by atoms with E-state index in [9.17, 15) is 0 Å². The molecule has 3 nitrogen and oxygen atoms in total. The Morgan fingerprint density at radius 1 is 1.06 bits per heavy atom. The quantitative estimate of drug-likeness (QED) is 0.736. The molecular weight excluding hydrogens is 200 g/mol. The number of hydrogen-bond donors (Lipinski definition) is 1. The van der Waals surface area contributed by atoms with E-state index in [0.717, 1.165) is 32.0 Å². The maximum absolute atomic E-state index is 6.04. The number of benzene rings is 1. The molecule has 1 aromatic carbocycles. The third kappa shape index (κ3) is 1.87. The second-order valence-corrected chi connectivity index (χ2v) is 4.46. The Kier molecular flexibility index (Phi) is 3.06. The van der Waals surface area contributed by atoms with Crippen molar-refractivity contribution < 1.29 is 4.74 Å². The van der Waals surface area contributed by atoms with Crippen molar-refractivity contribution in [2.24, 2.45) is 0 Å². The maximum Gasteiger partial charge on any atom is 0.0642 e. The van der Waals surface area contributed by atoms with Crippen molar-refractivity contribution >= 4 is 11.4 Å². The molecule has 1 aliphatic rings. The number of morpholine rings is 1. The van der Waals surface area contributed by atoms with E-state index in [1.165, 1.54) is 22.4 Å². The molecule has 1 heterocycles. The molecule has 1 saturated heterocycles. The van der Waals surface area contributed by atoms with Crippen LogP contribution in [0.4, 0.5) is 11.4 Å². The Morgan fingerprint density at radius 3 is 2.31 bits per heavy atom. The van der Waals surface area contributed by atoms with Crippen LogP contribution < -0.4 is 10.6 Å². The van der Waals surface area contributed by atoms with Gasteiger partial charge in [-0.3, -0.25) is 0 Å². The zero-order valence-corrected chi connectivity index (χ0v) is 10.3. The molecule has 0 atom stereocenters. The minimum atomic E-state index is 0.812. The van der Waals surface area contributed by atoms with Gasteiger partial charge >= 0.3 is 0 Å². The first-order chi connectivity index (χ1) is 7.61. The molecule has 0 aliphatic carbocycles. The second kappa shape index (κ2) is 4.34. The summed E-state index contributed by atoms with van der Waals surface area (Å²) in [6.45, 7) is 9.95. The molecule has 0 radical (unpaired) electrons. The number of ether oxygens (including phenoxy) is 1. The first-order valence-corrected chi connectivity index (χ1v) is 5.80. The molecule has 2 N–H and O–H groups in total. The minimum Gasteiger partial charge on any atom is -0.398 e. The van der Waals surface area contributed by atoms with Gasteiger partial charge in [0.05, 0.1) is 13.2 Å². The second-order valence-electron chi connectivity index (χ2n) is 4.46. The summed E-state index contributed by atoms with van der Waals surface area (Å²) in [6, 6.07) is 2.10. The Bertz CT molecular complexity index is 395. The van der Waals surface area contributed by atoms with E-state index in [1.807, 2.05) is 0 Å². The number of nitrogens with two attached hydrogens (primary N) is 1. The van der Waals surface area contributed by atoms with E-state index in [1.54, 1.807) is 0 Å². The Morgan fingerprint density at radius 2 is 1.69 bits per heavy atom. The van der Waals surface area contributed by atoms with Gasteiger partial charge in [-0.05, 0) is 43.5 Å². The summed E-state index contributed by atoms with van der Waals surface area (Å²) in [5, 5.41) is 0. The first kappa shape index (κ1) is 11.3. The highest BCUT2D eigenvalue weighted by atomic mass is 16.5. The summed E-state index contributed by atoms with van der Waals surface area (Å²) < 4.78 is 5.37. The van der Waals surface area contributed by atoms with Gasteiger partial charge in [0, 0.05) is 24.5 Å². The van der Waals surface area contributed by atoms with Gasteiger partial charge in [-0.2, -0.15) is 0 Å². The fourth-order valence-corrected chi connectivity index (χ4v) is 2.19. The monoisotopic (exact) mass is 220 g/mol. The fraction of sp³-hybridized carbons (Fsp3) is 0.538. The summed E-state index contributed by atoms with van der Waals surface area (Å²) in [7, 11) is 0. The van der Waals surface area contributed by atoms with Gasteiger partial charge in [0.1, 0.15) is 0 Å². The van der Waals surface area contributed by atoms with Crippen LogP contribution in [-0.2, 0) is 4.74 Å². The van der Waals surface area contributed by atoms with Gasteiger partial charge in [0.15, 0.2) is 0 Å². The van der Waals surface area contributed by atoms with E-state index >= 15 is 0 Å². The standard InChI is InChI=1S/C13H20N2O/c1-9-10(2)12(14)8-13(11(9)3)15-4-6-16-7-5-15/h8H,4-7,14H2,1-3H3. The molecular formula is C13H20N2O. The van der Waals surface area contributed by atoms with Crippen LogP contribution in [0.15, 0.2) is 6.07 Å². The van der Waals surface area contributed by atoms with Crippen LogP contribution in [0, 0.1) is 20.8 Å². The average Bonchev–Trinajstić information content (AvgIpc) is 2.32. The van der Waals surface area contributed by atoms with E-state index in [4.69, 9.17) is 10.5 Å². The van der Waals surface area contributed by atoms with Crippen LogP contribution in [-0.4, -0.2) is 26.3 Å². The molecule has 3 heteroatoms. The van der Waals surface area contributed by atoms with Crippen molar-refractivity contribution in [1.29, 1.82) is 0 Å². The molecule has 88 valence electrons. The van der Waals surface area contributed by atoms with Gasteiger partial charge < -0.3 is 15.4 Å². The normalized spacial score (nSPS) is 16.6. The molecule has 1 fully saturated rings. The molecule has 0 unspecified atom stereocenters. The predicted molar refractivity (Wildman–Crippen MR) is 68.1 cm³/mol. The molecule has 1 aliphatic heterocycles. The lowest BCUT2D eigenvalue weighted by Gasteiger charge is -2.31. The zero-order valence-electron chi connectivity index (χ0n) is 10.3. The summed E-state index contributed by atoms with van der Waals surface area (Å²) in [5.74, 6) is 0. The number of anilines is 2. The molecule has 2 rings (SSSR count). The molecule has 0 spiro atoms. The first-order valence-electron chi connectivity index (χ1n) is 5.80. The topological polar surface area (TPSA) is 38.5 Å². The van der Waals surface area contributed by atoms with Gasteiger partial charge in [0.25, 0.3) is 0 Å². The highest BCUT2D eigenvalue weighted by Gasteiger charge is 2.16. The van der Waals surface area contributed by atoms with Crippen LogP contribution in [0.2, 0.25) is 0 Å². The van der Waals surface area contributed by atoms with E-state index in [-0.39, 0.29) is 0 Å². The van der Waals surface area contributed by atoms with Crippen LogP contribution in [0.3, 0.4) is 0 Å². The van der Waals surface area contributed by atoms with E-state index in [2.05, 4.69) is 31.7 Å². The third-order valence-electron chi connectivity index (χ3n) is 3.59. The Hall–Kier alpha value is -1.22. The van der Waals surface area contributed by atoms with Gasteiger partial charge in [-0.15, -0.1) is 0 Å². The lowest BCUT2D eigenvalue weighted by Crippen LogP contribution is -2.36.